The molecular weight excluding hydrogens is 190 g/mol. The van der Waals surface area contributed by atoms with Gasteiger partial charge in [0.15, 0.2) is 0 Å². The van der Waals surface area contributed by atoms with E-state index in [1.165, 1.54) is 6.20 Å². The molecule has 1 aliphatic carbocycles. The van der Waals surface area contributed by atoms with Crippen LogP contribution in [0.2, 0.25) is 5.15 Å². The number of hydrogen-bond acceptors (Lipinski definition) is 3. The molecule has 0 spiro atoms. The van der Waals surface area contributed by atoms with Gasteiger partial charge in [0.2, 0.25) is 0 Å². The molecule has 0 aliphatic heterocycles. The van der Waals surface area contributed by atoms with Crippen LogP contribution in [0, 0.1) is 0 Å². The largest absolute Gasteiger partial charge is 0.395 e. The van der Waals surface area contributed by atoms with Gasteiger partial charge in [-0.3, -0.25) is 0 Å². The van der Waals surface area contributed by atoms with E-state index in [0.29, 0.717) is 10.8 Å². The van der Waals surface area contributed by atoms with E-state index in [4.69, 9.17) is 17.3 Å². The smallest absolute Gasteiger partial charge is 0.150 e. The topological polar surface area (TPSA) is 64.1 Å². The van der Waals surface area contributed by atoms with Gasteiger partial charge in [0.25, 0.3) is 0 Å². The highest BCUT2D eigenvalue weighted by atomic mass is 35.5. The Balaban J connectivity index is 2.29. The number of nitrogens with zero attached hydrogens (tertiary/aromatic N) is 2. The molecule has 0 radical (unpaired) electrons. The number of anilines is 1. The van der Waals surface area contributed by atoms with Crippen molar-refractivity contribution < 1.29 is 5.11 Å². The lowest BCUT2D eigenvalue weighted by atomic mass is 10.2. The highest BCUT2D eigenvalue weighted by Crippen LogP contribution is 2.33. The molecule has 1 aromatic rings. The Morgan fingerprint density at radius 3 is 2.85 bits per heavy atom. The number of hydrogen-bond donors (Lipinski definition) is 2. The average Bonchev–Trinajstić information content (AvgIpc) is 2.62. The zero-order valence-electron chi connectivity index (χ0n) is 7.15. The quantitative estimate of drug-likeness (QED) is 0.718. The van der Waals surface area contributed by atoms with Crippen molar-refractivity contribution in [1.82, 2.24) is 9.78 Å². The third-order valence-corrected chi connectivity index (χ3v) is 2.91. The van der Waals surface area contributed by atoms with Gasteiger partial charge < -0.3 is 10.8 Å². The maximum atomic E-state index is 9.62. The van der Waals surface area contributed by atoms with E-state index < -0.39 is 0 Å². The maximum absolute atomic E-state index is 9.62. The van der Waals surface area contributed by atoms with E-state index >= 15 is 0 Å². The number of nitrogens with two attached hydrogens (primary N) is 1. The first-order chi connectivity index (χ1) is 6.20. The van der Waals surface area contributed by atoms with Crippen molar-refractivity contribution in [1.29, 1.82) is 0 Å². The standard InChI is InChI=1S/C8H12ClN3O/c9-8-5(10)4-11-12(8)6-2-1-3-7(6)13/h4,6-7,13H,1-3,10H2. The lowest BCUT2D eigenvalue weighted by molar-refractivity contribution is 0.130. The molecular formula is C8H12ClN3O. The van der Waals surface area contributed by atoms with Crippen molar-refractivity contribution in [2.24, 2.45) is 0 Å². The molecule has 1 aliphatic rings. The molecule has 72 valence electrons. The highest BCUT2D eigenvalue weighted by molar-refractivity contribution is 6.32. The summed E-state index contributed by atoms with van der Waals surface area (Å²) < 4.78 is 1.62. The molecule has 1 heterocycles. The Morgan fingerprint density at radius 2 is 2.38 bits per heavy atom. The fourth-order valence-corrected chi connectivity index (χ4v) is 2.02. The zero-order chi connectivity index (χ0) is 9.42. The second-order valence-corrected chi connectivity index (χ2v) is 3.76. The molecule has 1 fully saturated rings. The normalized spacial score (nSPS) is 28.2. The Labute approximate surface area is 81.3 Å². The van der Waals surface area contributed by atoms with Crippen LogP contribution in [0.15, 0.2) is 6.20 Å². The summed E-state index contributed by atoms with van der Waals surface area (Å²) in [7, 11) is 0. The van der Waals surface area contributed by atoms with E-state index in [1.807, 2.05) is 0 Å². The first-order valence-corrected chi connectivity index (χ1v) is 4.74. The van der Waals surface area contributed by atoms with Crippen LogP contribution in [-0.4, -0.2) is 21.0 Å². The molecule has 2 atom stereocenters. The van der Waals surface area contributed by atoms with Crippen LogP contribution in [0.25, 0.3) is 0 Å². The highest BCUT2D eigenvalue weighted by Gasteiger charge is 2.29. The molecule has 4 nitrogen and oxygen atoms in total. The Morgan fingerprint density at radius 1 is 1.62 bits per heavy atom. The first kappa shape index (κ1) is 8.84. The summed E-state index contributed by atoms with van der Waals surface area (Å²) in [6, 6.07) is 0.00444. The van der Waals surface area contributed by atoms with E-state index in [2.05, 4.69) is 5.10 Å². The second kappa shape index (κ2) is 3.20. The minimum Gasteiger partial charge on any atom is -0.395 e. The third-order valence-electron chi connectivity index (χ3n) is 2.52. The van der Waals surface area contributed by atoms with Crippen LogP contribution < -0.4 is 5.73 Å². The summed E-state index contributed by atoms with van der Waals surface area (Å²) in [5.41, 5.74) is 6.03. The van der Waals surface area contributed by atoms with Crippen LogP contribution in [0.4, 0.5) is 5.69 Å². The van der Waals surface area contributed by atoms with Crippen molar-refractivity contribution in [2.75, 3.05) is 5.73 Å². The number of halogens is 1. The first-order valence-electron chi connectivity index (χ1n) is 4.36. The van der Waals surface area contributed by atoms with E-state index in [9.17, 15) is 5.11 Å². The molecule has 0 bridgehead atoms. The Bertz CT molecular complexity index is 312. The maximum Gasteiger partial charge on any atom is 0.150 e. The van der Waals surface area contributed by atoms with Gasteiger partial charge in [0.05, 0.1) is 24.0 Å². The molecule has 3 N–H and O–H groups in total. The van der Waals surface area contributed by atoms with Gasteiger partial charge in [-0.05, 0) is 19.3 Å². The molecule has 0 aromatic carbocycles. The molecule has 0 amide bonds. The van der Waals surface area contributed by atoms with Gasteiger partial charge in [0.1, 0.15) is 5.15 Å². The Kier molecular flexibility index (Phi) is 2.17. The predicted octanol–water partition coefficient (Wildman–Crippen LogP) is 1.20. The van der Waals surface area contributed by atoms with E-state index in [-0.39, 0.29) is 12.1 Å². The SMILES string of the molecule is Nc1cnn(C2CCCC2O)c1Cl. The molecule has 0 saturated heterocycles. The predicted molar refractivity (Wildman–Crippen MR) is 50.5 cm³/mol. The monoisotopic (exact) mass is 201 g/mol. The lowest BCUT2D eigenvalue weighted by Gasteiger charge is -2.15. The molecule has 1 aromatic heterocycles. The zero-order valence-corrected chi connectivity index (χ0v) is 7.91. The van der Waals surface area contributed by atoms with Crippen LogP contribution in [0.3, 0.4) is 0 Å². The molecule has 13 heavy (non-hydrogen) atoms. The van der Waals surface area contributed by atoms with Crippen LogP contribution in [-0.2, 0) is 0 Å². The number of aromatic nitrogens is 2. The fraction of sp³-hybridized carbons (Fsp3) is 0.625. The van der Waals surface area contributed by atoms with Crippen LogP contribution >= 0.6 is 11.6 Å². The minimum absolute atomic E-state index is 0.00444. The van der Waals surface area contributed by atoms with Crippen molar-refractivity contribution in [3.8, 4) is 0 Å². The summed E-state index contributed by atoms with van der Waals surface area (Å²) in [5, 5.41) is 14.1. The van der Waals surface area contributed by atoms with Crippen molar-refractivity contribution in [2.45, 2.75) is 31.4 Å². The Hall–Kier alpha value is -0.740. The van der Waals surface area contributed by atoms with Gasteiger partial charge in [-0.15, -0.1) is 0 Å². The molecule has 2 rings (SSSR count). The average molecular weight is 202 g/mol. The van der Waals surface area contributed by atoms with Crippen molar-refractivity contribution >= 4 is 17.3 Å². The van der Waals surface area contributed by atoms with Crippen molar-refractivity contribution in [3.63, 3.8) is 0 Å². The number of rotatable bonds is 1. The van der Waals surface area contributed by atoms with Gasteiger partial charge in [-0.25, -0.2) is 4.68 Å². The number of aliphatic hydroxyl groups excluding tert-OH is 1. The van der Waals surface area contributed by atoms with Crippen LogP contribution in [0.1, 0.15) is 25.3 Å². The summed E-state index contributed by atoms with van der Waals surface area (Å²) in [5.74, 6) is 0. The summed E-state index contributed by atoms with van der Waals surface area (Å²) >= 11 is 5.92. The lowest BCUT2D eigenvalue weighted by Crippen LogP contribution is -2.19. The third kappa shape index (κ3) is 1.40. The summed E-state index contributed by atoms with van der Waals surface area (Å²) in [6.07, 6.45) is 3.94. The second-order valence-electron chi connectivity index (χ2n) is 3.40. The molecule has 2 unspecified atom stereocenters. The van der Waals surface area contributed by atoms with Gasteiger partial charge in [-0.2, -0.15) is 5.10 Å². The van der Waals surface area contributed by atoms with Gasteiger partial charge in [-0.1, -0.05) is 11.6 Å². The minimum atomic E-state index is -0.336. The van der Waals surface area contributed by atoms with Crippen LogP contribution in [0.5, 0.6) is 0 Å². The number of aliphatic hydroxyl groups is 1. The molecule has 5 heteroatoms. The fourth-order valence-electron chi connectivity index (χ4n) is 1.80. The van der Waals surface area contributed by atoms with Gasteiger partial charge >= 0.3 is 0 Å². The molecule has 1 saturated carbocycles. The number of nitrogen functional groups attached to an aromatic ring is 1. The van der Waals surface area contributed by atoms with E-state index in [1.54, 1.807) is 4.68 Å². The van der Waals surface area contributed by atoms with E-state index in [0.717, 1.165) is 19.3 Å². The van der Waals surface area contributed by atoms with Gasteiger partial charge in [0, 0.05) is 0 Å². The summed E-state index contributed by atoms with van der Waals surface area (Å²) in [4.78, 5) is 0. The van der Waals surface area contributed by atoms with Crippen molar-refractivity contribution in [3.05, 3.63) is 11.3 Å². The summed E-state index contributed by atoms with van der Waals surface area (Å²) in [6.45, 7) is 0.